The second-order valence-electron chi connectivity index (χ2n) is 8.98. The number of hydrogen-bond donors (Lipinski definition) is 1. The van der Waals surface area contributed by atoms with Crippen molar-refractivity contribution < 1.29 is 9.53 Å². The van der Waals surface area contributed by atoms with Crippen molar-refractivity contribution in [2.45, 2.75) is 70.1 Å². The van der Waals surface area contributed by atoms with Gasteiger partial charge in [0.25, 0.3) is 0 Å². The summed E-state index contributed by atoms with van der Waals surface area (Å²) in [6, 6.07) is 2.62. The van der Waals surface area contributed by atoms with Gasteiger partial charge in [-0.25, -0.2) is 14.8 Å². The number of amides is 1. The molecule has 3 aliphatic rings. The lowest BCUT2D eigenvalue weighted by atomic mass is 9.94. The van der Waals surface area contributed by atoms with E-state index in [9.17, 15) is 4.79 Å². The van der Waals surface area contributed by atoms with E-state index >= 15 is 0 Å². The summed E-state index contributed by atoms with van der Waals surface area (Å²) in [6.07, 6.45) is 6.11. The number of hydrogen-bond acceptors (Lipinski definition) is 6. The van der Waals surface area contributed by atoms with Crippen LogP contribution in [-0.4, -0.2) is 64.8 Å². The number of fused-ring (bicyclic) bond motifs is 2. The third-order valence-electron chi connectivity index (χ3n) is 5.79. The van der Waals surface area contributed by atoms with Gasteiger partial charge < -0.3 is 19.9 Å². The maximum Gasteiger partial charge on any atom is 0.410 e. The fourth-order valence-corrected chi connectivity index (χ4v) is 4.54. The van der Waals surface area contributed by atoms with Gasteiger partial charge in [-0.1, -0.05) is 0 Å². The van der Waals surface area contributed by atoms with Crippen LogP contribution in [0.3, 0.4) is 0 Å². The zero-order valence-corrected chi connectivity index (χ0v) is 16.6. The van der Waals surface area contributed by atoms with E-state index in [1.807, 2.05) is 31.9 Å². The van der Waals surface area contributed by atoms with Crippen molar-refractivity contribution in [3.63, 3.8) is 0 Å². The first-order valence-electron chi connectivity index (χ1n) is 10.2. The Balaban J connectivity index is 1.48. The average molecular weight is 374 g/mol. The van der Waals surface area contributed by atoms with E-state index in [1.54, 1.807) is 0 Å². The SMILES string of the molecule is CC(C)(C)OC(=O)N1C[C@H]2CC[C@@H](C1)N2c1nccc(C2CCNCC2)n1. The zero-order valence-electron chi connectivity index (χ0n) is 16.6. The van der Waals surface area contributed by atoms with Crippen LogP contribution < -0.4 is 10.2 Å². The van der Waals surface area contributed by atoms with Crippen LogP contribution in [0.5, 0.6) is 0 Å². The summed E-state index contributed by atoms with van der Waals surface area (Å²) in [4.78, 5) is 26.2. The third-order valence-corrected chi connectivity index (χ3v) is 5.79. The van der Waals surface area contributed by atoms with Gasteiger partial charge in [0, 0.05) is 30.9 Å². The molecule has 0 radical (unpaired) electrons. The monoisotopic (exact) mass is 373 g/mol. The summed E-state index contributed by atoms with van der Waals surface area (Å²) in [5, 5.41) is 3.41. The topological polar surface area (TPSA) is 70.6 Å². The van der Waals surface area contributed by atoms with Gasteiger partial charge in [0.15, 0.2) is 0 Å². The molecule has 0 aromatic carbocycles. The van der Waals surface area contributed by atoms with E-state index in [0.717, 1.165) is 50.4 Å². The van der Waals surface area contributed by atoms with Crippen molar-refractivity contribution in [2.24, 2.45) is 0 Å². The van der Waals surface area contributed by atoms with Crippen LogP contribution >= 0.6 is 0 Å². The molecule has 3 fully saturated rings. The van der Waals surface area contributed by atoms with E-state index in [-0.39, 0.29) is 18.2 Å². The lowest BCUT2D eigenvalue weighted by Crippen LogP contribution is -2.56. The molecular weight excluding hydrogens is 342 g/mol. The predicted octanol–water partition coefficient (Wildman–Crippen LogP) is 2.53. The number of carbonyl (C=O) groups excluding carboxylic acids is 1. The number of anilines is 1. The van der Waals surface area contributed by atoms with Crippen molar-refractivity contribution in [3.05, 3.63) is 18.0 Å². The highest BCUT2D eigenvalue weighted by Gasteiger charge is 2.43. The Morgan fingerprint density at radius 3 is 2.44 bits per heavy atom. The minimum absolute atomic E-state index is 0.205. The molecule has 2 bridgehead atoms. The minimum atomic E-state index is -0.459. The number of nitrogens with zero attached hydrogens (tertiary/aromatic N) is 4. The molecule has 1 amide bonds. The number of rotatable bonds is 2. The van der Waals surface area contributed by atoms with E-state index in [0.29, 0.717) is 19.0 Å². The molecule has 0 saturated carbocycles. The summed E-state index contributed by atoms with van der Waals surface area (Å²) in [7, 11) is 0. The first-order valence-corrected chi connectivity index (χ1v) is 10.2. The van der Waals surface area contributed by atoms with Gasteiger partial charge in [-0.05, 0) is 65.6 Å². The summed E-state index contributed by atoms with van der Waals surface area (Å²) in [5.74, 6) is 1.36. The highest BCUT2D eigenvalue weighted by Crippen LogP contribution is 2.34. The smallest absolute Gasteiger partial charge is 0.410 e. The molecule has 0 aliphatic carbocycles. The molecule has 0 spiro atoms. The molecule has 148 valence electrons. The normalized spacial score (nSPS) is 26.3. The van der Waals surface area contributed by atoms with Crippen molar-refractivity contribution in [1.29, 1.82) is 0 Å². The van der Waals surface area contributed by atoms with Gasteiger partial charge in [0.05, 0.1) is 12.1 Å². The number of carbonyl (C=O) groups is 1. The largest absolute Gasteiger partial charge is 0.444 e. The van der Waals surface area contributed by atoms with Crippen LogP contribution in [0.1, 0.15) is 58.1 Å². The number of ether oxygens (including phenoxy) is 1. The van der Waals surface area contributed by atoms with Gasteiger partial charge in [-0.15, -0.1) is 0 Å². The Bertz CT molecular complexity index is 669. The van der Waals surface area contributed by atoms with Crippen LogP contribution in [0.2, 0.25) is 0 Å². The third kappa shape index (κ3) is 4.03. The summed E-state index contributed by atoms with van der Waals surface area (Å²) in [5.41, 5.74) is 0.704. The van der Waals surface area contributed by atoms with Gasteiger partial charge in [0.1, 0.15) is 5.60 Å². The van der Waals surface area contributed by atoms with Crippen LogP contribution in [0, 0.1) is 0 Å². The van der Waals surface area contributed by atoms with Crippen LogP contribution in [0.15, 0.2) is 12.3 Å². The predicted molar refractivity (Wildman–Crippen MR) is 104 cm³/mol. The zero-order chi connectivity index (χ0) is 19.0. The lowest BCUT2D eigenvalue weighted by molar-refractivity contribution is 0.0208. The van der Waals surface area contributed by atoms with Crippen LogP contribution in [0.25, 0.3) is 0 Å². The van der Waals surface area contributed by atoms with E-state index in [2.05, 4.69) is 21.3 Å². The fraction of sp³-hybridized carbons (Fsp3) is 0.750. The van der Waals surface area contributed by atoms with Gasteiger partial charge in [0.2, 0.25) is 5.95 Å². The maximum atomic E-state index is 12.5. The van der Waals surface area contributed by atoms with E-state index in [1.165, 1.54) is 0 Å². The molecule has 4 heterocycles. The molecule has 7 nitrogen and oxygen atoms in total. The average Bonchev–Trinajstić information content (AvgIpc) is 2.90. The quantitative estimate of drug-likeness (QED) is 0.859. The van der Waals surface area contributed by atoms with Crippen molar-refractivity contribution in [1.82, 2.24) is 20.2 Å². The molecule has 3 saturated heterocycles. The number of likely N-dealkylation sites (tertiary alicyclic amines) is 1. The maximum absolute atomic E-state index is 12.5. The van der Waals surface area contributed by atoms with Crippen molar-refractivity contribution in [2.75, 3.05) is 31.1 Å². The number of aromatic nitrogens is 2. The molecule has 1 N–H and O–H groups in total. The summed E-state index contributed by atoms with van der Waals surface area (Å²) >= 11 is 0. The molecule has 3 aliphatic heterocycles. The van der Waals surface area contributed by atoms with Crippen LogP contribution in [0.4, 0.5) is 10.7 Å². The number of nitrogens with one attached hydrogen (secondary N) is 1. The molecular formula is C20H31N5O2. The second-order valence-corrected chi connectivity index (χ2v) is 8.98. The Morgan fingerprint density at radius 1 is 1.15 bits per heavy atom. The fourth-order valence-electron chi connectivity index (χ4n) is 4.54. The Hall–Kier alpha value is -1.89. The molecule has 0 unspecified atom stereocenters. The van der Waals surface area contributed by atoms with Crippen molar-refractivity contribution >= 4 is 12.0 Å². The highest BCUT2D eigenvalue weighted by molar-refractivity contribution is 5.69. The Labute approximate surface area is 161 Å². The molecule has 4 rings (SSSR count). The first-order chi connectivity index (χ1) is 12.9. The Kier molecular flexibility index (Phi) is 4.97. The molecule has 1 aromatic rings. The number of piperazine rings is 1. The second kappa shape index (κ2) is 7.26. The van der Waals surface area contributed by atoms with E-state index < -0.39 is 5.60 Å². The van der Waals surface area contributed by atoms with Crippen molar-refractivity contribution in [3.8, 4) is 0 Å². The van der Waals surface area contributed by atoms with Gasteiger partial charge >= 0.3 is 6.09 Å². The van der Waals surface area contributed by atoms with Crippen LogP contribution in [-0.2, 0) is 4.74 Å². The molecule has 27 heavy (non-hydrogen) atoms. The number of piperidine rings is 1. The molecule has 7 heteroatoms. The standard InChI is InChI=1S/C20H31N5O2/c1-20(2,3)27-19(26)24-12-15-4-5-16(13-24)25(15)18-22-11-8-17(23-18)14-6-9-21-10-7-14/h8,11,14-16,21H,4-7,9-10,12-13H2,1-3H3/t15-,16+. The Morgan fingerprint density at radius 2 is 1.81 bits per heavy atom. The first kappa shape index (κ1) is 18.5. The minimum Gasteiger partial charge on any atom is -0.444 e. The lowest BCUT2D eigenvalue weighted by Gasteiger charge is -2.41. The molecule has 1 aromatic heterocycles. The van der Waals surface area contributed by atoms with Gasteiger partial charge in [-0.2, -0.15) is 0 Å². The highest BCUT2D eigenvalue weighted by atomic mass is 16.6. The summed E-state index contributed by atoms with van der Waals surface area (Å²) in [6.45, 7) is 9.23. The summed E-state index contributed by atoms with van der Waals surface area (Å²) < 4.78 is 5.57. The molecule has 2 atom stereocenters. The van der Waals surface area contributed by atoms with Gasteiger partial charge in [-0.3, -0.25) is 0 Å². The van der Waals surface area contributed by atoms with E-state index in [4.69, 9.17) is 9.72 Å².